The highest BCUT2D eigenvalue weighted by Crippen LogP contribution is 2.38. The van der Waals surface area contributed by atoms with E-state index >= 15 is 0 Å². The van der Waals surface area contributed by atoms with E-state index in [-0.39, 0.29) is 41.0 Å². The number of hydrogen-bond donors (Lipinski definition) is 1. The van der Waals surface area contributed by atoms with Crippen molar-refractivity contribution < 1.29 is 37.0 Å². The number of nitrogens with one attached hydrogen (secondary N) is 1. The van der Waals surface area contributed by atoms with Gasteiger partial charge < -0.3 is 29.2 Å². The number of anilines is 1. The average Bonchev–Trinajstić information content (AvgIpc) is 3.14. The summed E-state index contributed by atoms with van der Waals surface area (Å²) in [6.45, 7) is 1.70. The average molecular weight is 738 g/mol. The molecule has 0 heterocycles. The van der Waals surface area contributed by atoms with E-state index in [1.165, 1.54) is 57.6 Å². The van der Waals surface area contributed by atoms with Crippen LogP contribution in [0.25, 0.3) is 0 Å². The van der Waals surface area contributed by atoms with Crippen LogP contribution in [0.5, 0.6) is 23.0 Å². The molecule has 0 aliphatic carbocycles. The number of amides is 2. The summed E-state index contributed by atoms with van der Waals surface area (Å²) in [5, 5.41) is 3.43. The van der Waals surface area contributed by atoms with E-state index in [0.717, 1.165) is 22.7 Å². The molecule has 4 aromatic rings. The van der Waals surface area contributed by atoms with Gasteiger partial charge in [0.2, 0.25) is 11.8 Å². The lowest BCUT2D eigenvalue weighted by Crippen LogP contribution is -2.53. The fraction of sp³-hybridized carbons (Fsp3) is 0.316. The molecule has 13 heteroatoms. The zero-order valence-corrected chi connectivity index (χ0v) is 31.0. The minimum absolute atomic E-state index is 0.0302. The maximum Gasteiger partial charge on any atom is 0.265 e. The molecular weight excluding hydrogens is 694 g/mol. The van der Waals surface area contributed by atoms with E-state index in [1.807, 2.05) is 37.3 Å². The van der Waals surface area contributed by atoms with Crippen molar-refractivity contribution in [1.29, 1.82) is 0 Å². The molecule has 0 bridgehead atoms. The second-order valence-electron chi connectivity index (χ2n) is 11.6. The van der Waals surface area contributed by atoms with Crippen molar-refractivity contribution in [2.45, 2.75) is 43.7 Å². The van der Waals surface area contributed by atoms with E-state index in [0.29, 0.717) is 28.6 Å². The quantitative estimate of drug-likeness (QED) is 0.121. The second kappa shape index (κ2) is 18.3. The number of halogens is 1. The van der Waals surface area contributed by atoms with E-state index in [1.54, 1.807) is 36.4 Å². The van der Waals surface area contributed by atoms with Gasteiger partial charge in [-0.3, -0.25) is 13.9 Å². The van der Waals surface area contributed by atoms with Crippen LogP contribution in [-0.4, -0.2) is 72.7 Å². The molecular formula is C38H44ClN3O8S. The number of nitrogens with zero attached hydrogens (tertiary/aromatic N) is 2. The number of unbranched alkanes of at least 4 members (excludes halogenated alkanes) is 1. The first-order chi connectivity index (χ1) is 24.6. The molecule has 0 fully saturated rings. The van der Waals surface area contributed by atoms with E-state index < -0.39 is 28.5 Å². The summed E-state index contributed by atoms with van der Waals surface area (Å²) in [6, 6.07) is 24.1. The van der Waals surface area contributed by atoms with Crippen molar-refractivity contribution >= 4 is 39.1 Å². The van der Waals surface area contributed by atoms with E-state index in [9.17, 15) is 18.0 Å². The molecule has 1 unspecified atom stereocenters. The van der Waals surface area contributed by atoms with Crippen LogP contribution < -0.4 is 28.6 Å². The Bertz CT molecular complexity index is 1890. The smallest absolute Gasteiger partial charge is 0.265 e. The fourth-order valence-corrected chi connectivity index (χ4v) is 7.15. The van der Waals surface area contributed by atoms with Gasteiger partial charge in [0.15, 0.2) is 11.5 Å². The summed E-state index contributed by atoms with van der Waals surface area (Å²) in [5.74, 6) is -0.00214. The molecule has 51 heavy (non-hydrogen) atoms. The topological polar surface area (TPSA) is 124 Å². The molecule has 0 spiro atoms. The van der Waals surface area contributed by atoms with Crippen molar-refractivity contribution in [1.82, 2.24) is 10.2 Å². The minimum Gasteiger partial charge on any atom is -0.497 e. The number of methoxy groups -OCH3 is 4. The number of rotatable bonds is 18. The molecule has 0 aliphatic heterocycles. The molecule has 11 nitrogen and oxygen atoms in total. The molecule has 4 aromatic carbocycles. The first-order valence-electron chi connectivity index (χ1n) is 16.4. The van der Waals surface area contributed by atoms with E-state index in [2.05, 4.69) is 5.32 Å². The summed E-state index contributed by atoms with van der Waals surface area (Å²) < 4.78 is 52.1. The van der Waals surface area contributed by atoms with Gasteiger partial charge in [-0.2, -0.15) is 0 Å². The lowest BCUT2D eigenvalue weighted by atomic mass is 10.0. The largest absolute Gasteiger partial charge is 0.497 e. The number of ether oxygens (including phenoxy) is 4. The van der Waals surface area contributed by atoms with Crippen LogP contribution in [0.4, 0.5) is 5.69 Å². The lowest BCUT2D eigenvalue weighted by molar-refractivity contribution is -0.140. The van der Waals surface area contributed by atoms with Crippen molar-refractivity contribution in [2.24, 2.45) is 0 Å². The highest BCUT2D eigenvalue weighted by Gasteiger charge is 2.36. The highest BCUT2D eigenvalue weighted by molar-refractivity contribution is 7.92. The Morgan fingerprint density at radius 2 is 1.47 bits per heavy atom. The maximum atomic E-state index is 14.8. The van der Waals surface area contributed by atoms with Crippen LogP contribution in [0.3, 0.4) is 0 Å². The third-order valence-electron chi connectivity index (χ3n) is 8.22. The Labute approximate surface area is 305 Å². The van der Waals surface area contributed by atoms with Crippen molar-refractivity contribution in [2.75, 3.05) is 45.8 Å². The zero-order chi connectivity index (χ0) is 37.0. The number of carbonyl (C=O) groups excluding carboxylic acids is 2. The molecule has 0 radical (unpaired) electrons. The Morgan fingerprint density at radius 3 is 2.12 bits per heavy atom. The second-order valence-corrected chi connectivity index (χ2v) is 13.9. The van der Waals surface area contributed by atoms with Crippen molar-refractivity contribution in [3.63, 3.8) is 0 Å². The van der Waals surface area contributed by atoms with Crippen LogP contribution in [-0.2, 0) is 32.6 Å². The molecule has 272 valence electrons. The number of benzene rings is 4. The molecule has 1 N–H and O–H groups in total. The number of carbonyl (C=O) groups is 2. The van der Waals surface area contributed by atoms with Gasteiger partial charge in [0.1, 0.15) is 24.1 Å². The maximum absolute atomic E-state index is 14.8. The molecule has 4 rings (SSSR count). The molecule has 0 saturated heterocycles. The van der Waals surface area contributed by atoms with Crippen LogP contribution in [0.1, 0.15) is 30.9 Å². The van der Waals surface area contributed by atoms with Gasteiger partial charge >= 0.3 is 0 Å². The SMILES string of the molecule is CCCCNC(=O)C(Cc1ccccc1)N(Cc1cccc(Cl)c1)C(=O)CN(c1cc(OC)ccc1OC)S(=O)(=O)c1ccc(OC)c(OC)c1. The van der Waals surface area contributed by atoms with Crippen LogP contribution in [0, 0.1) is 0 Å². The van der Waals surface area contributed by atoms with Gasteiger partial charge in [-0.25, -0.2) is 8.42 Å². The highest BCUT2D eigenvalue weighted by atomic mass is 35.5. The van der Waals surface area contributed by atoms with E-state index in [4.69, 9.17) is 30.5 Å². The lowest BCUT2D eigenvalue weighted by Gasteiger charge is -2.34. The summed E-state index contributed by atoms with van der Waals surface area (Å²) in [5.41, 5.74) is 1.53. The predicted molar refractivity (Wildman–Crippen MR) is 197 cm³/mol. The molecule has 0 saturated carbocycles. The summed E-state index contributed by atoms with van der Waals surface area (Å²) in [7, 11) is 1.18. The standard InChI is InChI=1S/C38H44ClN3O8S/c1-6-7-20-40-38(44)33(22-27-12-9-8-10-13-27)41(25-28-14-11-15-29(39)21-28)37(43)26-42(32-23-30(47-2)16-18-34(32)48-3)51(45,46)31-17-19-35(49-4)36(24-31)50-5/h8-19,21,23-24,33H,6-7,20,22,25-26H2,1-5H3,(H,40,44). The third-order valence-corrected chi connectivity index (χ3v) is 10.2. The third kappa shape index (κ3) is 9.86. The summed E-state index contributed by atoms with van der Waals surface area (Å²) in [4.78, 5) is 30.1. The first kappa shape index (κ1) is 38.9. The monoisotopic (exact) mass is 737 g/mol. The van der Waals surface area contributed by atoms with Crippen molar-refractivity contribution in [3.05, 3.63) is 107 Å². The van der Waals surface area contributed by atoms with Gasteiger partial charge in [0, 0.05) is 36.7 Å². The Balaban J connectivity index is 1.89. The van der Waals surface area contributed by atoms with Gasteiger partial charge in [-0.1, -0.05) is 67.4 Å². The minimum atomic E-state index is -4.51. The van der Waals surface area contributed by atoms with Gasteiger partial charge in [-0.05, 0) is 53.9 Å². The normalized spacial score (nSPS) is 11.6. The van der Waals surface area contributed by atoms with Crippen molar-refractivity contribution in [3.8, 4) is 23.0 Å². The van der Waals surface area contributed by atoms with Gasteiger partial charge in [0.25, 0.3) is 10.0 Å². The molecule has 1 atom stereocenters. The fourth-order valence-electron chi connectivity index (χ4n) is 5.50. The zero-order valence-electron chi connectivity index (χ0n) is 29.4. The van der Waals surface area contributed by atoms with Gasteiger partial charge in [-0.15, -0.1) is 0 Å². The first-order valence-corrected chi connectivity index (χ1v) is 18.2. The van der Waals surface area contributed by atoms with Crippen LogP contribution >= 0.6 is 11.6 Å². The molecule has 0 aliphatic rings. The Kier molecular flexibility index (Phi) is 14.0. The van der Waals surface area contributed by atoms with Crippen LogP contribution in [0.15, 0.2) is 95.9 Å². The summed E-state index contributed by atoms with van der Waals surface area (Å²) >= 11 is 6.35. The molecule has 0 aromatic heterocycles. The Morgan fingerprint density at radius 1 is 0.784 bits per heavy atom. The Hall–Kier alpha value is -4.94. The predicted octanol–water partition coefficient (Wildman–Crippen LogP) is 6.13. The number of hydrogen-bond acceptors (Lipinski definition) is 8. The van der Waals surface area contributed by atoms with Gasteiger partial charge in [0.05, 0.1) is 39.0 Å². The number of sulfonamides is 1. The summed E-state index contributed by atoms with van der Waals surface area (Å²) in [6.07, 6.45) is 1.79. The molecule has 2 amide bonds. The van der Waals surface area contributed by atoms with Crippen LogP contribution in [0.2, 0.25) is 5.02 Å².